The number of methoxy groups -OCH3 is 2. The Morgan fingerprint density at radius 2 is 1.41 bits per heavy atom. The summed E-state index contributed by atoms with van der Waals surface area (Å²) < 4.78 is 19.8. The molecule has 0 aliphatic heterocycles. The summed E-state index contributed by atoms with van der Waals surface area (Å²) in [5, 5.41) is 9.42. The zero-order chi connectivity index (χ0) is 22.6. The molecule has 5 aromatic carbocycles. The van der Waals surface area contributed by atoms with Crippen molar-refractivity contribution in [3.05, 3.63) is 78.9 Å². The van der Waals surface area contributed by atoms with E-state index in [4.69, 9.17) is 13.9 Å². The number of rotatable bonds is 2. The third kappa shape index (κ3) is 2.09. The van der Waals surface area contributed by atoms with Crippen LogP contribution >= 0.6 is 0 Å². The fourth-order valence-electron chi connectivity index (χ4n) is 5.77. The Bertz CT molecular complexity index is 2090. The van der Waals surface area contributed by atoms with Crippen LogP contribution in [0.5, 0.6) is 11.5 Å². The first kappa shape index (κ1) is 18.0. The lowest BCUT2D eigenvalue weighted by atomic mass is 10.0. The number of hydrogen-bond acceptors (Lipinski definition) is 3. The number of aromatic nitrogens is 1. The molecule has 8 rings (SSSR count). The van der Waals surface area contributed by atoms with Crippen molar-refractivity contribution in [3.8, 4) is 11.5 Å². The summed E-state index contributed by atoms with van der Waals surface area (Å²) in [6.07, 6.45) is 0. The molecule has 0 aliphatic rings. The summed E-state index contributed by atoms with van der Waals surface area (Å²) in [6, 6.07) is 27.9. The average molecular weight is 441 g/mol. The van der Waals surface area contributed by atoms with Crippen LogP contribution in [0.3, 0.4) is 0 Å². The molecular weight excluding hydrogens is 422 g/mol. The van der Waals surface area contributed by atoms with Gasteiger partial charge in [-0.3, -0.25) is 0 Å². The largest absolute Gasteiger partial charge is 0.497 e. The van der Waals surface area contributed by atoms with Gasteiger partial charge in [0.05, 0.1) is 36.2 Å². The molecule has 4 heteroatoms. The lowest BCUT2D eigenvalue weighted by molar-refractivity contribution is 0.414. The van der Waals surface area contributed by atoms with Crippen molar-refractivity contribution in [3.63, 3.8) is 0 Å². The van der Waals surface area contributed by atoms with Crippen molar-refractivity contribution >= 4 is 70.8 Å². The SMILES string of the molecule is COc1ccc2c(c1)oc1cc3cc4c5ccc(OC)c6c7ccccc7n(c4cc3cc12)c56. The minimum Gasteiger partial charge on any atom is -0.497 e. The van der Waals surface area contributed by atoms with Crippen LogP contribution in [0.4, 0.5) is 0 Å². The first-order valence-corrected chi connectivity index (χ1v) is 11.3. The highest BCUT2D eigenvalue weighted by molar-refractivity contribution is 6.26. The number of nitrogens with zero attached hydrogens (tertiary/aromatic N) is 1. The topological polar surface area (TPSA) is 36.0 Å². The lowest BCUT2D eigenvalue weighted by Gasteiger charge is -2.04. The molecule has 0 saturated heterocycles. The Labute approximate surface area is 193 Å². The van der Waals surface area contributed by atoms with E-state index in [1.807, 2.05) is 12.1 Å². The van der Waals surface area contributed by atoms with Gasteiger partial charge in [0.25, 0.3) is 0 Å². The van der Waals surface area contributed by atoms with E-state index in [1.165, 1.54) is 43.5 Å². The van der Waals surface area contributed by atoms with Gasteiger partial charge in [-0.1, -0.05) is 18.2 Å². The summed E-state index contributed by atoms with van der Waals surface area (Å²) in [4.78, 5) is 0. The van der Waals surface area contributed by atoms with Gasteiger partial charge in [0.2, 0.25) is 0 Å². The monoisotopic (exact) mass is 441 g/mol. The zero-order valence-corrected chi connectivity index (χ0v) is 18.7. The average Bonchev–Trinajstić information content (AvgIpc) is 3.51. The Balaban J connectivity index is 1.55. The number of para-hydroxylation sites is 1. The highest BCUT2D eigenvalue weighted by atomic mass is 16.5. The number of fused-ring (bicyclic) bond motifs is 10. The maximum Gasteiger partial charge on any atom is 0.139 e. The van der Waals surface area contributed by atoms with Gasteiger partial charge in [0, 0.05) is 33.0 Å². The van der Waals surface area contributed by atoms with Gasteiger partial charge >= 0.3 is 0 Å². The van der Waals surface area contributed by atoms with Crippen LogP contribution in [0, 0.1) is 0 Å². The molecule has 0 bridgehead atoms. The molecule has 34 heavy (non-hydrogen) atoms. The number of hydrogen-bond donors (Lipinski definition) is 0. The molecular formula is C30H19NO3. The van der Waals surface area contributed by atoms with Crippen molar-refractivity contribution in [1.82, 2.24) is 4.40 Å². The summed E-state index contributed by atoms with van der Waals surface area (Å²) in [5.74, 6) is 1.70. The maximum absolute atomic E-state index is 6.21. The van der Waals surface area contributed by atoms with Gasteiger partial charge in [0.15, 0.2) is 0 Å². The Kier molecular flexibility index (Phi) is 3.24. The Morgan fingerprint density at radius 1 is 0.618 bits per heavy atom. The minimum absolute atomic E-state index is 0.797. The summed E-state index contributed by atoms with van der Waals surface area (Å²) in [7, 11) is 3.42. The van der Waals surface area contributed by atoms with Crippen molar-refractivity contribution in [2.24, 2.45) is 0 Å². The molecule has 162 valence electrons. The van der Waals surface area contributed by atoms with Crippen LogP contribution in [0.15, 0.2) is 83.3 Å². The van der Waals surface area contributed by atoms with Crippen molar-refractivity contribution in [2.45, 2.75) is 0 Å². The first-order chi connectivity index (χ1) is 16.7. The molecule has 4 nitrogen and oxygen atoms in total. The number of benzene rings is 5. The molecule has 0 atom stereocenters. The second-order valence-corrected chi connectivity index (χ2v) is 8.92. The molecule has 0 amide bonds. The standard InChI is InChI=1S/C30H19NO3/c1-32-18-7-8-19-23-12-16-13-25-22(11-17(16)14-27(23)34-28(19)15-18)20-9-10-26(33-2)29-21-5-3-4-6-24(21)31(25)30(20)29/h3-15H,1-2H3. The fraction of sp³-hybridized carbons (Fsp3) is 0.0667. The molecule has 3 aromatic heterocycles. The van der Waals surface area contributed by atoms with Gasteiger partial charge in [-0.05, 0) is 65.4 Å². The van der Waals surface area contributed by atoms with Crippen LogP contribution in [0.2, 0.25) is 0 Å². The highest BCUT2D eigenvalue weighted by Gasteiger charge is 2.21. The van der Waals surface area contributed by atoms with E-state index in [0.717, 1.165) is 38.8 Å². The van der Waals surface area contributed by atoms with Crippen LogP contribution in [0.1, 0.15) is 0 Å². The first-order valence-electron chi connectivity index (χ1n) is 11.3. The quantitative estimate of drug-likeness (QED) is 0.273. The van der Waals surface area contributed by atoms with E-state index in [1.54, 1.807) is 14.2 Å². The summed E-state index contributed by atoms with van der Waals surface area (Å²) in [6.45, 7) is 0. The van der Waals surface area contributed by atoms with Gasteiger partial charge in [-0.15, -0.1) is 0 Å². The fourth-order valence-corrected chi connectivity index (χ4v) is 5.77. The predicted octanol–water partition coefficient (Wildman–Crippen LogP) is 7.91. The maximum atomic E-state index is 6.21. The van der Waals surface area contributed by atoms with Crippen molar-refractivity contribution in [2.75, 3.05) is 14.2 Å². The van der Waals surface area contributed by atoms with E-state index in [2.05, 4.69) is 71.1 Å². The molecule has 8 aromatic rings. The molecule has 0 N–H and O–H groups in total. The summed E-state index contributed by atoms with van der Waals surface area (Å²) in [5.41, 5.74) is 5.34. The van der Waals surface area contributed by atoms with E-state index in [0.29, 0.717) is 0 Å². The van der Waals surface area contributed by atoms with E-state index in [-0.39, 0.29) is 0 Å². The summed E-state index contributed by atoms with van der Waals surface area (Å²) >= 11 is 0. The van der Waals surface area contributed by atoms with Crippen LogP contribution < -0.4 is 9.47 Å². The third-order valence-corrected chi connectivity index (χ3v) is 7.28. The molecule has 0 fully saturated rings. The third-order valence-electron chi connectivity index (χ3n) is 7.28. The minimum atomic E-state index is 0.797. The van der Waals surface area contributed by atoms with Gasteiger partial charge in [0.1, 0.15) is 22.7 Å². The lowest BCUT2D eigenvalue weighted by Crippen LogP contribution is -1.83. The van der Waals surface area contributed by atoms with E-state index < -0.39 is 0 Å². The highest BCUT2D eigenvalue weighted by Crippen LogP contribution is 2.44. The van der Waals surface area contributed by atoms with Crippen LogP contribution in [-0.2, 0) is 0 Å². The molecule has 3 heterocycles. The molecule has 0 unspecified atom stereocenters. The predicted molar refractivity (Wildman–Crippen MR) is 139 cm³/mol. The second-order valence-electron chi connectivity index (χ2n) is 8.92. The normalized spacial score (nSPS) is 12.4. The van der Waals surface area contributed by atoms with Gasteiger partial charge < -0.3 is 18.3 Å². The molecule has 0 spiro atoms. The Hall–Kier alpha value is -4.44. The van der Waals surface area contributed by atoms with Crippen molar-refractivity contribution < 1.29 is 13.9 Å². The zero-order valence-electron chi connectivity index (χ0n) is 18.7. The molecule has 0 aliphatic carbocycles. The smallest absolute Gasteiger partial charge is 0.139 e. The van der Waals surface area contributed by atoms with E-state index in [9.17, 15) is 0 Å². The van der Waals surface area contributed by atoms with Gasteiger partial charge in [-0.2, -0.15) is 0 Å². The molecule has 0 radical (unpaired) electrons. The van der Waals surface area contributed by atoms with Crippen LogP contribution in [0.25, 0.3) is 70.8 Å². The molecule has 0 saturated carbocycles. The number of ether oxygens (including phenoxy) is 2. The Morgan fingerprint density at radius 3 is 2.29 bits per heavy atom. The van der Waals surface area contributed by atoms with Crippen LogP contribution in [-0.4, -0.2) is 18.6 Å². The second kappa shape index (κ2) is 6.12. The number of furan rings is 1. The van der Waals surface area contributed by atoms with Gasteiger partial charge in [-0.25, -0.2) is 0 Å². The van der Waals surface area contributed by atoms with E-state index >= 15 is 0 Å². The van der Waals surface area contributed by atoms with Crippen molar-refractivity contribution in [1.29, 1.82) is 0 Å².